The van der Waals surface area contributed by atoms with Crippen molar-refractivity contribution >= 4 is 29.1 Å². The lowest BCUT2D eigenvalue weighted by Crippen LogP contribution is -2.48. The lowest BCUT2D eigenvalue weighted by Gasteiger charge is -2.37. The van der Waals surface area contributed by atoms with Crippen LogP contribution < -0.4 is 0 Å². The lowest BCUT2D eigenvalue weighted by molar-refractivity contribution is -0.147. The number of carbonyl (C=O) groups is 1. The van der Waals surface area contributed by atoms with Crippen LogP contribution in [0.1, 0.15) is 25.5 Å². The van der Waals surface area contributed by atoms with Gasteiger partial charge in [-0.1, -0.05) is 23.7 Å². The van der Waals surface area contributed by atoms with Crippen molar-refractivity contribution in [3.8, 4) is 0 Å². The van der Waals surface area contributed by atoms with Gasteiger partial charge in [-0.15, -0.1) is 11.6 Å². The highest BCUT2D eigenvalue weighted by Crippen LogP contribution is 2.27. The van der Waals surface area contributed by atoms with E-state index in [4.69, 9.17) is 27.9 Å². The van der Waals surface area contributed by atoms with E-state index in [1.165, 1.54) is 0 Å². The van der Waals surface area contributed by atoms with Gasteiger partial charge in [0.2, 0.25) is 5.91 Å². The lowest BCUT2D eigenvalue weighted by atomic mass is 9.93. The first-order chi connectivity index (χ1) is 9.44. The SMILES string of the molecule is CC(C)(CCl)C(=O)N1CCOC(c2ccc(Cl)cc2)C1. The summed E-state index contributed by atoms with van der Waals surface area (Å²) in [6.45, 7) is 5.45. The monoisotopic (exact) mass is 315 g/mol. The number of halogens is 2. The number of alkyl halides is 1. The van der Waals surface area contributed by atoms with E-state index in [1.807, 2.05) is 43.0 Å². The molecule has 3 nitrogen and oxygen atoms in total. The molecule has 0 bridgehead atoms. The van der Waals surface area contributed by atoms with Crippen LogP contribution in [0.3, 0.4) is 0 Å². The number of amides is 1. The van der Waals surface area contributed by atoms with Gasteiger partial charge in [0.15, 0.2) is 0 Å². The zero-order valence-electron chi connectivity index (χ0n) is 11.7. The van der Waals surface area contributed by atoms with Crippen LogP contribution in [0.2, 0.25) is 5.02 Å². The molecule has 1 aromatic rings. The van der Waals surface area contributed by atoms with Gasteiger partial charge in [0.05, 0.1) is 18.6 Å². The van der Waals surface area contributed by atoms with Crippen molar-refractivity contribution in [1.82, 2.24) is 4.90 Å². The summed E-state index contributed by atoms with van der Waals surface area (Å²) in [7, 11) is 0. The maximum absolute atomic E-state index is 12.4. The first-order valence-corrected chi connectivity index (χ1v) is 7.58. The Bertz CT molecular complexity index is 473. The molecule has 0 saturated carbocycles. The number of nitrogens with zero attached hydrogens (tertiary/aromatic N) is 1. The molecular weight excluding hydrogens is 297 g/mol. The Balaban J connectivity index is 2.09. The summed E-state index contributed by atoms with van der Waals surface area (Å²) < 4.78 is 5.76. The predicted octanol–water partition coefficient (Wildman–Crippen LogP) is 3.50. The standard InChI is InChI=1S/C15H19Cl2NO2/c1-15(2,10-16)14(19)18-7-8-20-13(9-18)11-3-5-12(17)6-4-11/h3-6,13H,7-10H2,1-2H3. The molecule has 1 heterocycles. The molecule has 1 aliphatic heterocycles. The molecule has 2 rings (SSSR count). The van der Waals surface area contributed by atoms with E-state index in [1.54, 1.807) is 0 Å². The second kappa shape index (κ2) is 6.33. The molecule has 0 radical (unpaired) electrons. The summed E-state index contributed by atoms with van der Waals surface area (Å²) in [6.07, 6.45) is -0.101. The minimum Gasteiger partial charge on any atom is -0.370 e. The van der Waals surface area contributed by atoms with Gasteiger partial charge in [-0.3, -0.25) is 4.79 Å². The molecule has 1 atom stereocenters. The van der Waals surface area contributed by atoms with E-state index in [-0.39, 0.29) is 12.0 Å². The smallest absolute Gasteiger partial charge is 0.229 e. The fourth-order valence-corrected chi connectivity index (χ4v) is 2.44. The molecule has 110 valence electrons. The van der Waals surface area contributed by atoms with Crippen LogP contribution in [0.5, 0.6) is 0 Å². The Morgan fingerprint density at radius 2 is 2.05 bits per heavy atom. The van der Waals surface area contributed by atoms with Crippen molar-refractivity contribution in [1.29, 1.82) is 0 Å². The molecule has 0 spiro atoms. The van der Waals surface area contributed by atoms with Crippen molar-refractivity contribution in [2.45, 2.75) is 20.0 Å². The van der Waals surface area contributed by atoms with E-state index >= 15 is 0 Å². The molecule has 0 aromatic heterocycles. The summed E-state index contributed by atoms with van der Waals surface area (Å²) in [5, 5.41) is 0.695. The maximum Gasteiger partial charge on any atom is 0.229 e. The van der Waals surface area contributed by atoms with E-state index < -0.39 is 5.41 Å². The quantitative estimate of drug-likeness (QED) is 0.799. The summed E-state index contributed by atoms with van der Waals surface area (Å²) in [5.74, 6) is 0.393. The van der Waals surface area contributed by atoms with Gasteiger partial charge in [0.25, 0.3) is 0 Å². The third kappa shape index (κ3) is 3.46. The Kier molecular flexibility index (Phi) is 4.95. The van der Waals surface area contributed by atoms with Crippen molar-refractivity contribution in [3.63, 3.8) is 0 Å². The Hall–Kier alpha value is -0.770. The van der Waals surface area contributed by atoms with Gasteiger partial charge in [-0.2, -0.15) is 0 Å². The maximum atomic E-state index is 12.4. The zero-order valence-corrected chi connectivity index (χ0v) is 13.2. The van der Waals surface area contributed by atoms with Crippen LogP contribution in [-0.4, -0.2) is 36.4 Å². The third-order valence-electron chi connectivity index (χ3n) is 3.51. The zero-order chi connectivity index (χ0) is 14.8. The topological polar surface area (TPSA) is 29.5 Å². The highest BCUT2D eigenvalue weighted by atomic mass is 35.5. The van der Waals surface area contributed by atoms with Crippen LogP contribution >= 0.6 is 23.2 Å². The molecule has 1 saturated heterocycles. The molecule has 1 unspecified atom stereocenters. The highest BCUT2D eigenvalue weighted by molar-refractivity contribution is 6.30. The fraction of sp³-hybridized carbons (Fsp3) is 0.533. The van der Waals surface area contributed by atoms with E-state index in [9.17, 15) is 4.79 Å². The first-order valence-electron chi connectivity index (χ1n) is 6.66. The van der Waals surface area contributed by atoms with Crippen LogP contribution in [0, 0.1) is 5.41 Å². The molecule has 0 N–H and O–H groups in total. The number of ether oxygens (including phenoxy) is 1. The summed E-state index contributed by atoms with van der Waals surface area (Å²) in [5.41, 5.74) is 0.499. The summed E-state index contributed by atoms with van der Waals surface area (Å²) >= 11 is 11.8. The Labute approximate surface area is 129 Å². The van der Waals surface area contributed by atoms with Crippen molar-refractivity contribution in [2.75, 3.05) is 25.6 Å². The average Bonchev–Trinajstić information content (AvgIpc) is 2.47. The van der Waals surface area contributed by atoms with Gasteiger partial charge in [-0.05, 0) is 31.5 Å². The predicted molar refractivity (Wildman–Crippen MR) is 81.2 cm³/mol. The van der Waals surface area contributed by atoms with Gasteiger partial charge >= 0.3 is 0 Å². The molecule has 5 heteroatoms. The van der Waals surface area contributed by atoms with Crippen LogP contribution in [-0.2, 0) is 9.53 Å². The minimum atomic E-state index is -0.538. The number of benzene rings is 1. The fourth-order valence-electron chi connectivity index (χ4n) is 2.20. The van der Waals surface area contributed by atoms with Crippen molar-refractivity contribution in [2.24, 2.45) is 5.41 Å². The summed E-state index contributed by atoms with van der Waals surface area (Å²) in [6, 6.07) is 7.55. The van der Waals surface area contributed by atoms with E-state index in [0.717, 1.165) is 5.56 Å². The van der Waals surface area contributed by atoms with Gasteiger partial charge in [-0.25, -0.2) is 0 Å². The molecule has 1 amide bonds. The number of rotatable bonds is 3. The third-order valence-corrected chi connectivity index (χ3v) is 4.43. The van der Waals surface area contributed by atoms with Crippen LogP contribution in [0.4, 0.5) is 0 Å². The molecule has 0 aliphatic carbocycles. The number of morpholine rings is 1. The Morgan fingerprint density at radius 1 is 1.40 bits per heavy atom. The number of hydrogen-bond donors (Lipinski definition) is 0. The van der Waals surface area contributed by atoms with Crippen molar-refractivity contribution < 1.29 is 9.53 Å². The second-order valence-electron chi connectivity index (χ2n) is 5.68. The average molecular weight is 316 g/mol. The second-order valence-corrected chi connectivity index (χ2v) is 6.38. The van der Waals surface area contributed by atoms with E-state index in [0.29, 0.717) is 30.6 Å². The van der Waals surface area contributed by atoms with Crippen LogP contribution in [0.25, 0.3) is 0 Å². The number of hydrogen-bond acceptors (Lipinski definition) is 2. The molecule has 1 fully saturated rings. The Morgan fingerprint density at radius 3 is 2.65 bits per heavy atom. The minimum absolute atomic E-state index is 0.0785. The molecular formula is C15H19Cl2NO2. The largest absolute Gasteiger partial charge is 0.370 e. The van der Waals surface area contributed by atoms with E-state index in [2.05, 4.69) is 0 Å². The van der Waals surface area contributed by atoms with Crippen LogP contribution in [0.15, 0.2) is 24.3 Å². The van der Waals surface area contributed by atoms with Crippen molar-refractivity contribution in [3.05, 3.63) is 34.9 Å². The highest BCUT2D eigenvalue weighted by Gasteiger charge is 2.34. The molecule has 20 heavy (non-hydrogen) atoms. The molecule has 1 aliphatic rings. The van der Waals surface area contributed by atoms with Gasteiger partial charge in [0, 0.05) is 17.4 Å². The summed E-state index contributed by atoms with van der Waals surface area (Å²) in [4.78, 5) is 14.3. The normalized spacial score (nSPS) is 20.0. The van der Waals surface area contributed by atoms with Gasteiger partial charge in [0.1, 0.15) is 6.10 Å². The first kappa shape index (κ1) is 15.6. The van der Waals surface area contributed by atoms with Gasteiger partial charge < -0.3 is 9.64 Å². The molecule has 1 aromatic carbocycles. The number of carbonyl (C=O) groups excluding carboxylic acids is 1.